The fraction of sp³-hybridized carbons (Fsp3) is 0.200. The van der Waals surface area contributed by atoms with Crippen LogP contribution in [0.25, 0.3) is 22.6 Å². The molecule has 0 spiro atoms. The number of hydrogen-bond acceptors (Lipinski definition) is 3. The standard InChI is InChI=1S/C15H14N2O2/c1-10(18)8-11-5-6-13-12(9-11)16-15(17(13)2)14-4-3-7-19-14/h3-7,9H,8H2,1-2H3. The van der Waals surface area contributed by atoms with E-state index in [4.69, 9.17) is 4.42 Å². The van der Waals surface area contributed by atoms with Gasteiger partial charge in [-0.05, 0) is 36.8 Å². The van der Waals surface area contributed by atoms with E-state index in [1.165, 1.54) is 0 Å². The number of nitrogens with zero attached hydrogens (tertiary/aromatic N) is 2. The van der Waals surface area contributed by atoms with Crippen LogP contribution in [0.4, 0.5) is 0 Å². The molecule has 0 radical (unpaired) electrons. The maximum atomic E-state index is 11.2. The van der Waals surface area contributed by atoms with Gasteiger partial charge >= 0.3 is 0 Å². The molecule has 96 valence electrons. The first-order valence-corrected chi connectivity index (χ1v) is 6.14. The number of carbonyl (C=O) groups excluding carboxylic acids is 1. The Bertz CT molecular complexity index is 739. The van der Waals surface area contributed by atoms with Crippen molar-refractivity contribution in [3.8, 4) is 11.6 Å². The van der Waals surface area contributed by atoms with E-state index in [1.54, 1.807) is 13.2 Å². The average molecular weight is 254 g/mol. The molecular weight excluding hydrogens is 240 g/mol. The Balaban J connectivity index is 2.12. The maximum absolute atomic E-state index is 11.2. The lowest BCUT2D eigenvalue weighted by atomic mass is 10.1. The number of imidazole rings is 1. The molecule has 0 fully saturated rings. The van der Waals surface area contributed by atoms with Gasteiger partial charge in [-0.15, -0.1) is 0 Å². The monoisotopic (exact) mass is 254 g/mol. The second-order valence-corrected chi connectivity index (χ2v) is 4.67. The van der Waals surface area contributed by atoms with E-state index >= 15 is 0 Å². The first-order chi connectivity index (χ1) is 9.15. The molecule has 0 aliphatic heterocycles. The Morgan fingerprint density at radius 2 is 2.21 bits per heavy atom. The van der Waals surface area contributed by atoms with E-state index in [-0.39, 0.29) is 5.78 Å². The lowest BCUT2D eigenvalue weighted by Crippen LogP contribution is -1.96. The van der Waals surface area contributed by atoms with Crippen LogP contribution in [0.2, 0.25) is 0 Å². The number of Topliss-reactive ketones (excluding diaryl/α,β-unsaturated/α-hetero) is 1. The van der Waals surface area contributed by atoms with Gasteiger partial charge < -0.3 is 8.98 Å². The summed E-state index contributed by atoms with van der Waals surface area (Å²) in [5.41, 5.74) is 2.90. The average Bonchev–Trinajstić information content (AvgIpc) is 2.96. The van der Waals surface area contributed by atoms with Crippen molar-refractivity contribution in [2.45, 2.75) is 13.3 Å². The Hall–Kier alpha value is -2.36. The Kier molecular flexibility index (Phi) is 2.71. The summed E-state index contributed by atoms with van der Waals surface area (Å²) in [6.07, 6.45) is 2.08. The zero-order valence-corrected chi connectivity index (χ0v) is 10.9. The van der Waals surface area contributed by atoms with Crippen molar-refractivity contribution in [3.63, 3.8) is 0 Å². The molecular formula is C15H14N2O2. The number of carbonyl (C=O) groups is 1. The van der Waals surface area contributed by atoms with Crippen LogP contribution >= 0.6 is 0 Å². The van der Waals surface area contributed by atoms with Crippen LogP contribution in [0, 0.1) is 0 Å². The highest BCUT2D eigenvalue weighted by atomic mass is 16.3. The van der Waals surface area contributed by atoms with Crippen LogP contribution in [0.15, 0.2) is 41.0 Å². The van der Waals surface area contributed by atoms with Crippen LogP contribution in [0.3, 0.4) is 0 Å². The van der Waals surface area contributed by atoms with E-state index in [0.717, 1.165) is 28.2 Å². The van der Waals surface area contributed by atoms with Crippen molar-refractivity contribution in [1.82, 2.24) is 9.55 Å². The molecule has 2 heterocycles. The van der Waals surface area contributed by atoms with Crippen molar-refractivity contribution in [3.05, 3.63) is 42.2 Å². The van der Waals surface area contributed by atoms with E-state index in [9.17, 15) is 4.79 Å². The molecule has 2 aromatic heterocycles. The highest BCUT2D eigenvalue weighted by molar-refractivity contribution is 5.83. The SMILES string of the molecule is CC(=O)Cc1ccc2c(c1)nc(-c1ccco1)n2C. The number of furan rings is 1. The minimum atomic E-state index is 0.154. The molecule has 0 atom stereocenters. The van der Waals surface area contributed by atoms with Gasteiger partial charge in [0.15, 0.2) is 11.6 Å². The van der Waals surface area contributed by atoms with Gasteiger partial charge in [0, 0.05) is 13.5 Å². The lowest BCUT2D eigenvalue weighted by Gasteiger charge is -2.00. The summed E-state index contributed by atoms with van der Waals surface area (Å²) in [5.74, 6) is 1.69. The lowest BCUT2D eigenvalue weighted by molar-refractivity contribution is -0.116. The van der Waals surface area contributed by atoms with Crippen LogP contribution in [0.5, 0.6) is 0 Å². The molecule has 19 heavy (non-hydrogen) atoms. The van der Waals surface area contributed by atoms with Crippen LogP contribution in [0.1, 0.15) is 12.5 Å². The number of ketones is 1. The molecule has 0 aliphatic rings. The Morgan fingerprint density at radius 3 is 2.89 bits per heavy atom. The van der Waals surface area contributed by atoms with Gasteiger partial charge in [0.25, 0.3) is 0 Å². The highest BCUT2D eigenvalue weighted by Crippen LogP contribution is 2.24. The summed E-state index contributed by atoms with van der Waals surface area (Å²) >= 11 is 0. The van der Waals surface area contributed by atoms with E-state index in [2.05, 4.69) is 4.98 Å². The highest BCUT2D eigenvalue weighted by Gasteiger charge is 2.12. The number of fused-ring (bicyclic) bond motifs is 1. The summed E-state index contributed by atoms with van der Waals surface area (Å²) < 4.78 is 7.38. The van der Waals surface area contributed by atoms with Crippen LogP contribution in [-0.2, 0) is 18.3 Å². The number of aromatic nitrogens is 2. The molecule has 4 heteroatoms. The second kappa shape index (κ2) is 4.39. The van der Waals surface area contributed by atoms with Crippen LogP contribution in [-0.4, -0.2) is 15.3 Å². The quantitative estimate of drug-likeness (QED) is 0.722. The molecule has 0 saturated heterocycles. The molecule has 3 aromatic rings. The largest absolute Gasteiger partial charge is 0.461 e. The summed E-state index contributed by atoms with van der Waals surface area (Å²) in [6, 6.07) is 9.65. The van der Waals surface area contributed by atoms with Crippen LogP contribution < -0.4 is 0 Å². The minimum absolute atomic E-state index is 0.154. The first kappa shape index (κ1) is 11.7. The number of benzene rings is 1. The fourth-order valence-corrected chi connectivity index (χ4v) is 2.27. The smallest absolute Gasteiger partial charge is 0.176 e. The molecule has 3 rings (SSSR count). The van der Waals surface area contributed by atoms with Gasteiger partial charge in [-0.25, -0.2) is 4.98 Å². The van der Waals surface area contributed by atoms with E-state index < -0.39 is 0 Å². The Morgan fingerprint density at radius 1 is 1.37 bits per heavy atom. The molecule has 0 N–H and O–H groups in total. The van der Waals surface area contributed by atoms with Gasteiger partial charge in [-0.1, -0.05) is 6.07 Å². The molecule has 4 nitrogen and oxygen atoms in total. The van der Waals surface area contributed by atoms with Crippen molar-refractivity contribution in [2.24, 2.45) is 7.05 Å². The van der Waals surface area contributed by atoms with Crippen molar-refractivity contribution >= 4 is 16.8 Å². The zero-order chi connectivity index (χ0) is 13.4. The molecule has 0 saturated carbocycles. The topological polar surface area (TPSA) is 48.0 Å². The number of hydrogen-bond donors (Lipinski definition) is 0. The third-order valence-electron chi connectivity index (χ3n) is 3.14. The molecule has 0 unspecified atom stereocenters. The summed E-state index contributed by atoms with van der Waals surface area (Å²) in [5, 5.41) is 0. The first-order valence-electron chi connectivity index (χ1n) is 6.14. The van der Waals surface area contributed by atoms with Crippen molar-refractivity contribution in [1.29, 1.82) is 0 Å². The Labute approximate surface area is 110 Å². The minimum Gasteiger partial charge on any atom is -0.461 e. The fourth-order valence-electron chi connectivity index (χ4n) is 2.27. The summed E-state index contributed by atoms with van der Waals surface area (Å²) in [7, 11) is 1.96. The molecule has 1 aromatic carbocycles. The van der Waals surface area contributed by atoms with E-state index in [1.807, 2.05) is 41.9 Å². The number of rotatable bonds is 3. The molecule has 0 bridgehead atoms. The number of aryl methyl sites for hydroxylation is 1. The maximum Gasteiger partial charge on any atom is 0.176 e. The third kappa shape index (κ3) is 2.05. The van der Waals surface area contributed by atoms with Crippen molar-refractivity contribution < 1.29 is 9.21 Å². The van der Waals surface area contributed by atoms with Crippen molar-refractivity contribution in [2.75, 3.05) is 0 Å². The summed E-state index contributed by atoms with van der Waals surface area (Å²) in [4.78, 5) is 15.7. The normalized spacial score (nSPS) is 11.1. The third-order valence-corrected chi connectivity index (χ3v) is 3.14. The predicted molar refractivity (Wildman–Crippen MR) is 72.8 cm³/mol. The summed E-state index contributed by atoms with van der Waals surface area (Å²) in [6.45, 7) is 1.59. The van der Waals surface area contributed by atoms with Gasteiger partial charge in [0.05, 0.1) is 17.3 Å². The van der Waals surface area contributed by atoms with Gasteiger partial charge in [-0.2, -0.15) is 0 Å². The molecule has 0 aliphatic carbocycles. The molecule has 0 amide bonds. The zero-order valence-electron chi connectivity index (χ0n) is 10.9. The predicted octanol–water partition coefficient (Wildman–Crippen LogP) is 2.96. The van der Waals surface area contributed by atoms with Gasteiger partial charge in [0.2, 0.25) is 0 Å². The van der Waals surface area contributed by atoms with E-state index in [0.29, 0.717) is 6.42 Å². The van der Waals surface area contributed by atoms with Gasteiger partial charge in [-0.3, -0.25) is 4.79 Å². The van der Waals surface area contributed by atoms with Gasteiger partial charge in [0.1, 0.15) is 5.78 Å². The second-order valence-electron chi connectivity index (χ2n) is 4.67.